The molecule has 4 heteroatoms. The Kier molecular flexibility index (Phi) is 4.55. The van der Waals surface area contributed by atoms with Crippen LogP contribution in [0.1, 0.15) is 32.3 Å². The highest BCUT2D eigenvalue weighted by Crippen LogP contribution is 2.09. The molecule has 0 amide bonds. The van der Waals surface area contributed by atoms with Crippen molar-refractivity contribution in [3.05, 3.63) is 23.7 Å². The summed E-state index contributed by atoms with van der Waals surface area (Å²) in [7, 11) is 0. The van der Waals surface area contributed by atoms with Gasteiger partial charge in [0.05, 0.1) is 6.54 Å². The zero-order chi connectivity index (χ0) is 12.1. The highest BCUT2D eigenvalue weighted by molar-refractivity contribution is 5.73. The Morgan fingerprint density at radius 2 is 2.06 bits per heavy atom. The van der Waals surface area contributed by atoms with Crippen molar-refractivity contribution in [1.29, 1.82) is 0 Å². The summed E-state index contributed by atoms with van der Waals surface area (Å²) >= 11 is 0. The van der Waals surface area contributed by atoms with Crippen LogP contribution >= 0.6 is 0 Å². The Hall–Kier alpha value is -1.29. The zero-order valence-electron chi connectivity index (χ0n) is 9.99. The van der Waals surface area contributed by atoms with Gasteiger partial charge >= 0.3 is 5.97 Å². The molecule has 2 N–H and O–H groups in total. The molecule has 0 aromatic carbocycles. The van der Waals surface area contributed by atoms with E-state index in [-0.39, 0.29) is 5.92 Å². The van der Waals surface area contributed by atoms with Crippen LogP contribution in [0.15, 0.2) is 16.5 Å². The number of hydrogen-bond acceptors (Lipinski definition) is 3. The average Bonchev–Trinajstić information content (AvgIpc) is 2.65. The second-order valence-corrected chi connectivity index (χ2v) is 4.16. The molecule has 0 saturated carbocycles. The van der Waals surface area contributed by atoms with Crippen molar-refractivity contribution in [3.8, 4) is 0 Å². The minimum absolute atomic E-state index is 0.0538. The van der Waals surface area contributed by atoms with Gasteiger partial charge in [0.2, 0.25) is 0 Å². The third kappa shape index (κ3) is 3.38. The maximum Gasteiger partial charge on any atom is 0.320 e. The summed E-state index contributed by atoms with van der Waals surface area (Å²) in [6.07, 6.45) is 0.854. The molecule has 4 nitrogen and oxygen atoms in total. The summed E-state index contributed by atoms with van der Waals surface area (Å²) < 4.78 is 5.49. The molecule has 0 spiro atoms. The van der Waals surface area contributed by atoms with Gasteiger partial charge in [-0.1, -0.05) is 20.8 Å². The smallest absolute Gasteiger partial charge is 0.320 e. The van der Waals surface area contributed by atoms with Gasteiger partial charge in [0.25, 0.3) is 0 Å². The molecule has 90 valence electrons. The van der Waals surface area contributed by atoms with Gasteiger partial charge in [0, 0.05) is 6.42 Å². The molecular formula is C12H19NO3. The van der Waals surface area contributed by atoms with E-state index in [0.717, 1.165) is 17.9 Å². The van der Waals surface area contributed by atoms with E-state index in [0.29, 0.717) is 6.54 Å². The second-order valence-electron chi connectivity index (χ2n) is 4.16. The molecule has 1 rings (SSSR count). The van der Waals surface area contributed by atoms with Gasteiger partial charge in [-0.15, -0.1) is 0 Å². The van der Waals surface area contributed by atoms with E-state index in [1.165, 1.54) is 0 Å². The monoisotopic (exact) mass is 225 g/mol. The van der Waals surface area contributed by atoms with E-state index in [2.05, 4.69) is 5.32 Å². The summed E-state index contributed by atoms with van der Waals surface area (Å²) in [5, 5.41) is 12.0. The number of carbonyl (C=O) groups is 1. The van der Waals surface area contributed by atoms with Gasteiger partial charge in [0.15, 0.2) is 0 Å². The van der Waals surface area contributed by atoms with Crippen molar-refractivity contribution in [2.75, 3.05) is 0 Å². The van der Waals surface area contributed by atoms with Crippen LogP contribution in [-0.2, 0) is 17.8 Å². The summed E-state index contributed by atoms with van der Waals surface area (Å²) in [6, 6.07) is 3.27. The Balaban J connectivity index is 2.52. The number of furan rings is 1. The molecule has 0 bridgehead atoms. The van der Waals surface area contributed by atoms with Gasteiger partial charge in [-0.25, -0.2) is 0 Å². The maximum atomic E-state index is 10.9. The second kappa shape index (κ2) is 5.70. The lowest BCUT2D eigenvalue weighted by molar-refractivity contribution is -0.140. The molecule has 16 heavy (non-hydrogen) atoms. The van der Waals surface area contributed by atoms with E-state index < -0.39 is 12.0 Å². The number of carboxylic acids is 1. The van der Waals surface area contributed by atoms with Gasteiger partial charge in [-0.2, -0.15) is 0 Å². The van der Waals surface area contributed by atoms with Crippen molar-refractivity contribution in [2.45, 2.75) is 39.8 Å². The Bertz CT molecular complexity index is 344. The molecular weight excluding hydrogens is 206 g/mol. The standard InChI is InChI=1S/C12H19NO3/c1-4-9-5-6-10(16-9)7-13-11(8(2)3)12(14)15/h5-6,8,11,13H,4,7H2,1-3H3,(H,14,15). The fraction of sp³-hybridized carbons (Fsp3) is 0.583. The van der Waals surface area contributed by atoms with Crippen molar-refractivity contribution >= 4 is 5.97 Å². The minimum atomic E-state index is -0.822. The fourth-order valence-corrected chi connectivity index (χ4v) is 1.53. The topological polar surface area (TPSA) is 62.5 Å². The first-order valence-electron chi connectivity index (χ1n) is 5.58. The molecule has 1 atom stereocenters. The highest BCUT2D eigenvalue weighted by atomic mass is 16.4. The van der Waals surface area contributed by atoms with Gasteiger partial charge in [-0.3, -0.25) is 10.1 Å². The van der Waals surface area contributed by atoms with Crippen LogP contribution in [0.5, 0.6) is 0 Å². The number of carboxylic acid groups (broad SMARTS) is 1. The van der Waals surface area contributed by atoms with Crippen LogP contribution in [-0.4, -0.2) is 17.1 Å². The minimum Gasteiger partial charge on any atom is -0.480 e. The van der Waals surface area contributed by atoms with Crippen LogP contribution in [0.2, 0.25) is 0 Å². The van der Waals surface area contributed by atoms with Crippen LogP contribution in [0, 0.1) is 5.92 Å². The van der Waals surface area contributed by atoms with E-state index in [1.807, 2.05) is 32.9 Å². The lowest BCUT2D eigenvalue weighted by Crippen LogP contribution is -2.40. The average molecular weight is 225 g/mol. The number of aliphatic carboxylic acids is 1. The first kappa shape index (κ1) is 12.8. The molecule has 1 aromatic heterocycles. The number of hydrogen-bond donors (Lipinski definition) is 2. The predicted octanol–water partition coefficient (Wildman–Crippen LogP) is 2.04. The van der Waals surface area contributed by atoms with E-state index in [4.69, 9.17) is 9.52 Å². The first-order chi connectivity index (χ1) is 7.54. The van der Waals surface area contributed by atoms with E-state index >= 15 is 0 Å². The fourth-order valence-electron chi connectivity index (χ4n) is 1.53. The normalized spacial score (nSPS) is 13.0. The van der Waals surface area contributed by atoms with Crippen LogP contribution < -0.4 is 5.32 Å². The van der Waals surface area contributed by atoms with Crippen LogP contribution in [0.25, 0.3) is 0 Å². The van der Waals surface area contributed by atoms with Crippen LogP contribution in [0.3, 0.4) is 0 Å². The first-order valence-corrected chi connectivity index (χ1v) is 5.58. The summed E-state index contributed by atoms with van der Waals surface area (Å²) in [4.78, 5) is 10.9. The SMILES string of the molecule is CCc1ccc(CNC(C(=O)O)C(C)C)o1. The van der Waals surface area contributed by atoms with Crippen molar-refractivity contribution < 1.29 is 14.3 Å². The molecule has 1 aromatic rings. The number of rotatable bonds is 6. The Morgan fingerprint density at radius 1 is 1.44 bits per heavy atom. The zero-order valence-corrected chi connectivity index (χ0v) is 9.99. The number of aryl methyl sites for hydroxylation is 1. The van der Waals surface area contributed by atoms with Crippen molar-refractivity contribution in [3.63, 3.8) is 0 Å². The maximum absolute atomic E-state index is 10.9. The third-order valence-corrected chi connectivity index (χ3v) is 2.49. The summed E-state index contributed by atoms with van der Waals surface area (Å²) in [6.45, 7) is 6.23. The Labute approximate surface area is 95.7 Å². The molecule has 0 fully saturated rings. The molecule has 0 radical (unpaired) electrons. The third-order valence-electron chi connectivity index (χ3n) is 2.49. The van der Waals surface area contributed by atoms with E-state index in [1.54, 1.807) is 0 Å². The largest absolute Gasteiger partial charge is 0.480 e. The Morgan fingerprint density at radius 3 is 2.50 bits per heavy atom. The van der Waals surface area contributed by atoms with Gasteiger partial charge in [0.1, 0.15) is 17.6 Å². The quantitative estimate of drug-likeness (QED) is 0.777. The van der Waals surface area contributed by atoms with Crippen molar-refractivity contribution in [2.24, 2.45) is 5.92 Å². The number of nitrogens with one attached hydrogen (secondary N) is 1. The van der Waals surface area contributed by atoms with E-state index in [9.17, 15) is 4.79 Å². The molecule has 0 aliphatic carbocycles. The molecule has 0 aliphatic heterocycles. The molecule has 1 unspecified atom stereocenters. The van der Waals surface area contributed by atoms with Crippen LogP contribution in [0.4, 0.5) is 0 Å². The molecule has 0 saturated heterocycles. The predicted molar refractivity (Wildman–Crippen MR) is 61.2 cm³/mol. The molecule has 1 heterocycles. The van der Waals surface area contributed by atoms with Gasteiger partial charge in [-0.05, 0) is 18.1 Å². The highest BCUT2D eigenvalue weighted by Gasteiger charge is 2.20. The van der Waals surface area contributed by atoms with Crippen molar-refractivity contribution in [1.82, 2.24) is 5.32 Å². The summed E-state index contributed by atoms with van der Waals surface area (Å²) in [5.41, 5.74) is 0. The van der Waals surface area contributed by atoms with Gasteiger partial charge < -0.3 is 9.52 Å². The lowest BCUT2D eigenvalue weighted by atomic mass is 10.1. The summed E-state index contributed by atoms with van der Waals surface area (Å²) in [5.74, 6) is 0.937. The molecule has 0 aliphatic rings. The lowest BCUT2D eigenvalue weighted by Gasteiger charge is -2.16.